The number of rotatable bonds is 10. The fourth-order valence-corrected chi connectivity index (χ4v) is 5.58. The van der Waals surface area contributed by atoms with Gasteiger partial charge in [0.15, 0.2) is 0 Å². The predicted molar refractivity (Wildman–Crippen MR) is 122 cm³/mol. The number of aromatic nitrogens is 2. The van der Waals surface area contributed by atoms with Crippen LogP contribution in [0.2, 0.25) is 0 Å². The number of nitro benzene ring substituents is 1. The Morgan fingerprint density at radius 3 is 2.65 bits per heavy atom. The number of benzene rings is 2. The molecule has 0 saturated carbocycles. The van der Waals surface area contributed by atoms with Crippen molar-refractivity contribution in [1.29, 1.82) is 0 Å². The van der Waals surface area contributed by atoms with Crippen molar-refractivity contribution in [3.63, 3.8) is 0 Å². The molecule has 162 valence electrons. The summed E-state index contributed by atoms with van der Waals surface area (Å²) in [6, 6.07) is 15.7. The molecule has 1 N–H and O–H groups in total. The molecular weight excluding hydrogens is 415 g/mol. The zero-order chi connectivity index (χ0) is 22.3. The predicted octanol–water partition coefficient (Wildman–Crippen LogP) is 6.02. The van der Waals surface area contributed by atoms with Gasteiger partial charge in [-0.05, 0) is 31.0 Å². The Morgan fingerprint density at radius 2 is 1.90 bits per heavy atom. The molecule has 0 amide bonds. The lowest BCUT2D eigenvalue weighted by molar-refractivity contribution is -0.384. The van der Waals surface area contributed by atoms with E-state index in [1.165, 1.54) is 18.5 Å². The van der Waals surface area contributed by atoms with Gasteiger partial charge in [-0.25, -0.2) is 9.97 Å². The third-order valence-electron chi connectivity index (χ3n) is 4.57. The Bertz CT molecular complexity index is 1100. The quantitative estimate of drug-likeness (QED) is 0.233. The average molecular weight is 440 g/mol. The van der Waals surface area contributed by atoms with E-state index in [9.17, 15) is 14.7 Å². The molecule has 0 aliphatic heterocycles. The summed E-state index contributed by atoms with van der Waals surface area (Å²) in [4.78, 5) is 19.1. The maximum absolute atomic E-state index is 13.0. The summed E-state index contributed by atoms with van der Waals surface area (Å²) in [6.07, 6.45) is 3.14. The average Bonchev–Trinajstić information content (AvgIpc) is 2.74. The number of non-ortho nitro benzene ring substituents is 1. The van der Waals surface area contributed by atoms with E-state index in [1.54, 1.807) is 18.2 Å². The van der Waals surface area contributed by atoms with Gasteiger partial charge < -0.3 is 9.84 Å². The van der Waals surface area contributed by atoms with Gasteiger partial charge in [0, 0.05) is 41.8 Å². The molecule has 31 heavy (non-hydrogen) atoms. The van der Waals surface area contributed by atoms with Gasteiger partial charge >= 0.3 is 0 Å². The highest BCUT2D eigenvalue weighted by Crippen LogP contribution is 2.50. The van der Waals surface area contributed by atoms with Crippen molar-refractivity contribution >= 4 is 24.6 Å². The Kier molecular flexibility index (Phi) is 7.50. The third-order valence-corrected chi connectivity index (χ3v) is 7.28. The van der Waals surface area contributed by atoms with Gasteiger partial charge in [0.2, 0.25) is 7.37 Å². The lowest BCUT2D eigenvalue weighted by Crippen LogP contribution is -2.00. The summed E-state index contributed by atoms with van der Waals surface area (Å²) in [5, 5.41) is 14.3. The highest BCUT2D eigenvalue weighted by molar-refractivity contribution is 7.58. The molecule has 1 atom stereocenters. The first kappa shape index (κ1) is 22.6. The summed E-state index contributed by atoms with van der Waals surface area (Å²) in [5.41, 5.74) is 2.92. The number of hydrogen-bond acceptors (Lipinski definition) is 7. The van der Waals surface area contributed by atoms with E-state index in [-0.39, 0.29) is 5.69 Å². The number of anilines is 2. The van der Waals surface area contributed by atoms with Gasteiger partial charge in [-0.2, -0.15) is 0 Å². The minimum Gasteiger partial charge on any atom is -0.340 e. The first-order chi connectivity index (χ1) is 14.9. The highest BCUT2D eigenvalue weighted by Gasteiger charge is 2.22. The summed E-state index contributed by atoms with van der Waals surface area (Å²) in [7, 11) is -2.71. The second kappa shape index (κ2) is 10.3. The molecule has 1 aromatic heterocycles. The van der Waals surface area contributed by atoms with Crippen molar-refractivity contribution in [3.8, 4) is 11.3 Å². The molecule has 0 aliphatic rings. The maximum atomic E-state index is 13.0. The van der Waals surface area contributed by atoms with Crippen LogP contribution in [0.4, 0.5) is 17.2 Å². The summed E-state index contributed by atoms with van der Waals surface area (Å²) in [5.74, 6) is 0.551. The van der Waals surface area contributed by atoms with Crippen molar-refractivity contribution in [2.45, 2.75) is 26.4 Å². The second-order valence-corrected chi connectivity index (χ2v) is 9.69. The van der Waals surface area contributed by atoms with Crippen molar-refractivity contribution in [3.05, 3.63) is 76.6 Å². The van der Waals surface area contributed by atoms with Gasteiger partial charge in [0.1, 0.15) is 12.1 Å². The number of nitro groups is 1. The van der Waals surface area contributed by atoms with Crippen LogP contribution < -0.4 is 5.32 Å². The molecule has 2 aromatic carbocycles. The topological polar surface area (TPSA) is 107 Å². The monoisotopic (exact) mass is 440 g/mol. The molecule has 0 radical (unpaired) electrons. The van der Waals surface area contributed by atoms with E-state index < -0.39 is 12.3 Å². The van der Waals surface area contributed by atoms with Gasteiger partial charge in [0.25, 0.3) is 5.69 Å². The van der Waals surface area contributed by atoms with Crippen LogP contribution in [0, 0.1) is 10.1 Å². The smallest absolute Gasteiger partial charge is 0.270 e. The van der Waals surface area contributed by atoms with Crippen LogP contribution in [0.25, 0.3) is 11.3 Å². The Morgan fingerprint density at radius 1 is 1.10 bits per heavy atom. The Balaban J connectivity index is 1.80. The highest BCUT2D eigenvalue weighted by atomic mass is 31.2. The molecule has 3 rings (SSSR count). The fraction of sp³-hybridized carbons (Fsp3) is 0.273. The molecule has 8 nitrogen and oxygen atoms in total. The largest absolute Gasteiger partial charge is 0.340 e. The zero-order valence-electron chi connectivity index (χ0n) is 17.5. The van der Waals surface area contributed by atoms with Gasteiger partial charge in [-0.1, -0.05) is 31.2 Å². The van der Waals surface area contributed by atoms with Gasteiger partial charge in [-0.15, -0.1) is 0 Å². The molecule has 9 heteroatoms. The number of nitrogens with one attached hydrogen (secondary N) is 1. The zero-order valence-corrected chi connectivity index (χ0v) is 18.4. The van der Waals surface area contributed by atoms with Crippen LogP contribution in [-0.2, 0) is 15.3 Å². The SMILES string of the molecule is CCCP(=O)(Cc1cccc(Nc2cc(-c3cccc([N+](=O)[O-])c3)ncn2)c1)OCC. The number of hydrogen-bond donors (Lipinski definition) is 1. The number of nitrogens with zero attached hydrogens (tertiary/aromatic N) is 3. The minimum absolute atomic E-state index is 0.00382. The lowest BCUT2D eigenvalue weighted by Gasteiger charge is -2.17. The van der Waals surface area contributed by atoms with Crippen LogP contribution >= 0.6 is 7.37 Å². The van der Waals surface area contributed by atoms with Crippen molar-refractivity contribution in [1.82, 2.24) is 9.97 Å². The lowest BCUT2D eigenvalue weighted by atomic mass is 10.1. The van der Waals surface area contributed by atoms with E-state index in [2.05, 4.69) is 15.3 Å². The molecule has 0 spiro atoms. The van der Waals surface area contributed by atoms with Crippen LogP contribution in [-0.4, -0.2) is 27.7 Å². The van der Waals surface area contributed by atoms with E-state index >= 15 is 0 Å². The summed E-state index contributed by atoms with van der Waals surface area (Å²) < 4.78 is 18.6. The first-order valence-electron chi connectivity index (χ1n) is 10.1. The van der Waals surface area contributed by atoms with Crippen LogP contribution in [0.1, 0.15) is 25.8 Å². The maximum Gasteiger partial charge on any atom is 0.270 e. The van der Waals surface area contributed by atoms with Crippen molar-refractivity contribution in [2.75, 3.05) is 18.1 Å². The molecule has 3 aromatic rings. The summed E-state index contributed by atoms with van der Waals surface area (Å²) >= 11 is 0. The standard InChI is InChI=1S/C22H25N4O4P/c1-3-11-31(29,30-4-2)15-17-7-5-9-19(12-17)25-22-14-21(23-16-24-22)18-8-6-10-20(13-18)26(27)28/h5-10,12-14,16H,3-4,11,15H2,1-2H3,(H,23,24,25). The molecule has 0 bridgehead atoms. The van der Waals surface area contributed by atoms with E-state index in [4.69, 9.17) is 4.52 Å². The van der Waals surface area contributed by atoms with E-state index in [0.717, 1.165) is 17.7 Å². The molecule has 0 aliphatic carbocycles. The van der Waals surface area contributed by atoms with E-state index in [0.29, 0.717) is 36.0 Å². The van der Waals surface area contributed by atoms with Crippen molar-refractivity contribution < 1.29 is 14.0 Å². The molecule has 1 unspecified atom stereocenters. The van der Waals surface area contributed by atoms with Crippen LogP contribution in [0.3, 0.4) is 0 Å². The van der Waals surface area contributed by atoms with Gasteiger partial charge in [-0.3, -0.25) is 14.7 Å². The van der Waals surface area contributed by atoms with Gasteiger partial charge in [0.05, 0.1) is 17.2 Å². The molecular formula is C22H25N4O4P. The first-order valence-corrected chi connectivity index (χ1v) is 12.1. The molecule has 0 fully saturated rings. The third kappa shape index (κ3) is 6.20. The Hall–Kier alpha value is -3.09. The van der Waals surface area contributed by atoms with Crippen LogP contribution in [0.5, 0.6) is 0 Å². The minimum atomic E-state index is -2.71. The molecule has 1 heterocycles. The van der Waals surface area contributed by atoms with E-state index in [1.807, 2.05) is 38.1 Å². The second-order valence-electron chi connectivity index (χ2n) is 7.04. The summed E-state index contributed by atoms with van der Waals surface area (Å²) in [6.45, 7) is 4.28. The van der Waals surface area contributed by atoms with Crippen LogP contribution in [0.15, 0.2) is 60.9 Å². The fourth-order valence-electron chi connectivity index (χ4n) is 3.30. The molecule has 0 saturated heterocycles. The van der Waals surface area contributed by atoms with Crippen molar-refractivity contribution in [2.24, 2.45) is 0 Å². The normalized spacial score (nSPS) is 12.8. The Labute approximate surface area is 181 Å².